The Morgan fingerprint density at radius 2 is 1.86 bits per heavy atom. The largest absolute Gasteiger partial charge is 0.378 e. The molecule has 0 radical (unpaired) electrons. The number of aromatic nitrogens is 2. The van der Waals surface area contributed by atoms with E-state index < -0.39 is 0 Å². The maximum atomic E-state index is 4.81. The molecule has 2 aromatic carbocycles. The number of imidazole rings is 1. The molecule has 1 fully saturated rings. The molecule has 3 aromatic rings. The minimum absolute atomic E-state index is 0.646. The van der Waals surface area contributed by atoms with Gasteiger partial charge in [-0.25, -0.2) is 4.98 Å². The molecule has 0 bridgehead atoms. The Labute approximate surface area is 124 Å². The summed E-state index contributed by atoms with van der Waals surface area (Å²) in [6.07, 6.45) is 2.55. The van der Waals surface area contributed by atoms with Gasteiger partial charge in [-0.2, -0.15) is 0 Å². The standard InChI is InChI=1S/C18H19N3/c1-13-6-8-14(9-7-13)19-12-18-20-16-4-2-3-5-17(16)21(18)15-10-11-15/h2-9,15,19H,10-12H2,1H3. The number of aryl methyl sites for hydroxylation is 1. The molecule has 4 rings (SSSR count). The predicted octanol–water partition coefficient (Wildman–Crippen LogP) is 4.29. The van der Waals surface area contributed by atoms with E-state index in [0.717, 1.165) is 23.6 Å². The fourth-order valence-electron chi connectivity index (χ4n) is 2.81. The highest BCUT2D eigenvalue weighted by Gasteiger charge is 2.27. The minimum atomic E-state index is 0.646. The summed E-state index contributed by atoms with van der Waals surface area (Å²) >= 11 is 0. The van der Waals surface area contributed by atoms with Crippen LogP contribution in [0.1, 0.15) is 30.3 Å². The average Bonchev–Trinajstić information content (AvgIpc) is 3.27. The highest BCUT2D eigenvalue weighted by atomic mass is 15.1. The summed E-state index contributed by atoms with van der Waals surface area (Å²) in [7, 11) is 0. The number of anilines is 1. The van der Waals surface area contributed by atoms with E-state index in [-0.39, 0.29) is 0 Å². The van der Waals surface area contributed by atoms with E-state index in [0.29, 0.717) is 6.04 Å². The first-order chi connectivity index (χ1) is 10.3. The summed E-state index contributed by atoms with van der Waals surface area (Å²) in [6, 6.07) is 17.6. The lowest BCUT2D eigenvalue weighted by molar-refractivity contribution is 0.711. The second kappa shape index (κ2) is 4.92. The summed E-state index contributed by atoms with van der Waals surface area (Å²) in [5.41, 5.74) is 4.80. The van der Waals surface area contributed by atoms with Crippen LogP contribution in [0, 0.1) is 6.92 Å². The van der Waals surface area contributed by atoms with Crippen molar-refractivity contribution in [1.29, 1.82) is 0 Å². The van der Waals surface area contributed by atoms with E-state index in [1.165, 1.54) is 23.9 Å². The second-order valence-corrected chi connectivity index (χ2v) is 5.84. The van der Waals surface area contributed by atoms with Gasteiger partial charge in [0, 0.05) is 11.7 Å². The van der Waals surface area contributed by atoms with Crippen LogP contribution in [0.15, 0.2) is 48.5 Å². The molecule has 1 N–H and O–H groups in total. The van der Waals surface area contributed by atoms with Crippen LogP contribution in [0.3, 0.4) is 0 Å². The van der Waals surface area contributed by atoms with E-state index >= 15 is 0 Å². The molecule has 1 saturated carbocycles. The summed E-state index contributed by atoms with van der Waals surface area (Å²) in [4.78, 5) is 4.81. The monoisotopic (exact) mass is 277 g/mol. The lowest BCUT2D eigenvalue weighted by Gasteiger charge is -2.10. The van der Waals surface area contributed by atoms with Crippen LogP contribution in [-0.2, 0) is 6.54 Å². The Morgan fingerprint density at radius 1 is 1.10 bits per heavy atom. The second-order valence-electron chi connectivity index (χ2n) is 5.84. The van der Waals surface area contributed by atoms with Crippen LogP contribution in [0.2, 0.25) is 0 Å². The van der Waals surface area contributed by atoms with Crippen molar-refractivity contribution in [3.05, 3.63) is 59.9 Å². The molecule has 21 heavy (non-hydrogen) atoms. The van der Waals surface area contributed by atoms with Gasteiger partial charge in [0.15, 0.2) is 0 Å². The fourth-order valence-corrected chi connectivity index (χ4v) is 2.81. The van der Waals surface area contributed by atoms with Crippen molar-refractivity contribution in [3.8, 4) is 0 Å². The zero-order valence-corrected chi connectivity index (χ0v) is 12.2. The SMILES string of the molecule is Cc1ccc(NCc2nc3ccccc3n2C2CC2)cc1. The van der Waals surface area contributed by atoms with E-state index in [1.807, 2.05) is 0 Å². The molecule has 3 heteroatoms. The van der Waals surface area contributed by atoms with Gasteiger partial charge in [-0.15, -0.1) is 0 Å². The number of rotatable bonds is 4. The third kappa shape index (κ3) is 2.40. The lowest BCUT2D eigenvalue weighted by Crippen LogP contribution is -2.07. The molecule has 3 nitrogen and oxygen atoms in total. The number of nitrogens with one attached hydrogen (secondary N) is 1. The van der Waals surface area contributed by atoms with Crippen molar-refractivity contribution in [2.24, 2.45) is 0 Å². The van der Waals surface area contributed by atoms with Gasteiger partial charge in [0.2, 0.25) is 0 Å². The summed E-state index contributed by atoms with van der Waals surface area (Å²) in [5.74, 6) is 1.14. The molecule has 1 aliphatic rings. The maximum absolute atomic E-state index is 4.81. The molecule has 0 atom stereocenters. The first kappa shape index (κ1) is 12.5. The maximum Gasteiger partial charge on any atom is 0.129 e. The quantitative estimate of drug-likeness (QED) is 0.771. The van der Waals surface area contributed by atoms with Crippen LogP contribution < -0.4 is 5.32 Å². The third-order valence-electron chi connectivity index (χ3n) is 4.08. The molecule has 0 spiro atoms. The minimum Gasteiger partial charge on any atom is -0.378 e. The zero-order chi connectivity index (χ0) is 14.2. The summed E-state index contributed by atoms with van der Waals surface area (Å²) < 4.78 is 2.41. The molecule has 1 aromatic heterocycles. The Balaban J connectivity index is 1.63. The Hall–Kier alpha value is -2.29. The average molecular weight is 277 g/mol. The summed E-state index contributed by atoms with van der Waals surface area (Å²) in [5, 5.41) is 3.49. The number of benzene rings is 2. The molecule has 1 aliphatic carbocycles. The number of nitrogens with zero attached hydrogens (tertiary/aromatic N) is 2. The van der Waals surface area contributed by atoms with Gasteiger partial charge in [-0.1, -0.05) is 29.8 Å². The van der Waals surface area contributed by atoms with E-state index in [1.54, 1.807) is 0 Å². The Kier molecular flexibility index (Phi) is 2.92. The highest BCUT2D eigenvalue weighted by molar-refractivity contribution is 5.76. The molecule has 0 unspecified atom stereocenters. The van der Waals surface area contributed by atoms with Crippen molar-refractivity contribution >= 4 is 16.7 Å². The predicted molar refractivity (Wildman–Crippen MR) is 86.5 cm³/mol. The zero-order valence-electron chi connectivity index (χ0n) is 12.2. The van der Waals surface area contributed by atoms with Gasteiger partial charge in [0.1, 0.15) is 5.82 Å². The molecule has 0 saturated heterocycles. The van der Waals surface area contributed by atoms with Crippen molar-refractivity contribution in [3.63, 3.8) is 0 Å². The smallest absolute Gasteiger partial charge is 0.129 e. The molecule has 1 heterocycles. The fraction of sp³-hybridized carbons (Fsp3) is 0.278. The van der Waals surface area contributed by atoms with E-state index in [4.69, 9.17) is 4.98 Å². The first-order valence-electron chi connectivity index (χ1n) is 7.57. The Bertz CT molecular complexity index is 767. The number of hydrogen-bond acceptors (Lipinski definition) is 2. The van der Waals surface area contributed by atoms with Crippen LogP contribution in [0.5, 0.6) is 0 Å². The van der Waals surface area contributed by atoms with Gasteiger partial charge in [0.25, 0.3) is 0 Å². The topological polar surface area (TPSA) is 29.9 Å². The number of hydrogen-bond donors (Lipinski definition) is 1. The normalized spacial score (nSPS) is 14.5. The molecular formula is C18H19N3. The number of fused-ring (bicyclic) bond motifs is 1. The van der Waals surface area contributed by atoms with E-state index in [9.17, 15) is 0 Å². The molecule has 0 aliphatic heterocycles. The molecule has 0 amide bonds. The number of para-hydroxylation sites is 2. The lowest BCUT2D eigenvalue weighted by atomic mass is 10.2. The van der Waals surface area contributed by atoms with Crippen LogP contribution in [0.25, 0.3) is 11.0 Å². The van der Waals surface area contributed by atoms with Gasteiger partial charge in [-0.3, -0.25) is 0 Å². The van der Waals surface area contributed by atoms with Gasteiger partial charge in [0.05, 0.1) is 17.6 Å². The molecule has 106 valence electrons. The van der Waals surface area contributed by atoms with E-state index in [2.05, 4.69) is 65.3 Å². The van der Waals surface area contributed by atoms with Crippen molar-refractivity contribution < 1.29 is 0 Å². The van der Waals surface area contributed by atoms with Gasteiger partial charge >= 0.3 is 0 Å². The van der Waals surface area contributed by atoms with Crippen LogP contribution in [-0.4, -0.2) is 9.55 Å². The van der Waals surface area contributed by atoms with Crippen LogP contribution in [0.4, 0.5) is 5.69 Å². The van der Waals surface area contributed by atoms with Crippen molar-refractivity contribution in [2.45, 2.75) is 32.4 Å². The highest BCUT2D eigenvalue weighted by Crippen LogP contribution is 2.38. The van der Waals surface area contributed by atoms with Crippen molar-refractivity contribution in [1.82, 2.24) is 9.55 Å². The van der Waals surface area contributed by atoms with Gasteiger partial charge < -0.3 is 9.88 Å². The van der Waals surface area contributed by atoms with Gasteiger partial charge in [-0.05, 0) is 44.0 Å². The molecular weight excluding hydrogens is 258 g/mol. The van der Waals surface area contributed by atoms with Crippen LogP contribution >= 0.6 is 0 Å². The Morgan fingerprint density at radius 3 is 2.62 bits per heavy atom. The van der Waals surface area contributed by atoms with Crippen molar-refractivity contribution in [2.75, 3.05) is 5.32 Å². The summed E-state index contributed by atoms with van der Waals surface area (Å²) in [6.45, 7) is 2.88. The third-order valence-corrected chi connectivity index (χ3v) is 4.08. The first-order valence-corrected chi connectivity index (χ1v) is 7.57.